The maximum Gasteiger partial charge on any atom is 0.335 e. The number of methoxy groups -OCH3 is 1. The molecule has 1 atom stereocenters. The third-order valence-electron chi connectivity index (χ3n) is 3.10. The van der Waals surface area contributed by atoms with Crippen molar-refractivity contribution in [2.45, 2.75) is 11.3 Å². The molecule has 0 saturated heterocycles. The van der Waals surface area contributed by atoms with Gasteiger partial charge in [-0.05, 0) is 48.4 Å². The summed E-state index contributed by atoms with van der Waals surface area (Å²) in [6, 6.07) is 13.8. The molecule has 2 aromatic rings. The first-order valence-corrected chi connectivity index (χ1v) is 7.76. The fourth-order valence-electron chi connectivity index (χ4n) is 1.87. The van der Waals surface area contributed by atoms with E-state index < -0.39 is 16.8 Å². The fraction of sp³-hybridized carbons (Fsp3) is 0.188. The number of hydrogen-bond donors (Lipinski definition) is 1. The van der Waals surface area contributed by atoms with Gasteiger partial charge in [-0.3, -0.25) is 4.21 Å². The normalized spacial score (nSPS) is 11.9. The van der Waals surface area contributed by atoms with Crippen LogP contribution in [-0.2, 0) is 17.2 Å². The molecule has 0 amide bonds. The largest absolute Gasteiger partial charge is 0.497 e. The Kier molecular flexibility index (Phi) is 5.11. The lowest BCUT2D eigenvalue weighted by Gasteiger charge is -2.05. The summed E-state index contributed by atoms with van der Waals surface area (Å²) >= 11 is 0. The second-order valence-corrected chi connectivity index (χ2v) is 6.05. The number of carboxylic acids is 1. The van der Waals surface area contributed by atoms with Gasteiger partial charge < -0.3 is 9.84 Å². The number of aryl methyl sites for hydroxylation is 1. The highest BCUT2D eigenvalue weighted by Crippen LogP contribution is 2.14. The standard InChI is InChI=1S/C16H16O4S/c1-20-14-6-2-12(3-7-14)10-11-21(19)15-8-4-13(5-9-15)16(17)18/h2-9H,10-11H2,1H3,(H,17,18). The van der Waals surface area contributed by atoms with Gasteiger partial charge in [-0.15, -0.1) is 0 Å². The minimum atomic E-state index is -1.14. The molecule has 4 nitrogen and oxygen atoms in total. The van der Waals surface area contributed by atoms with Crippen molar-refractivity contribution in [2.75, 3.05) is 12.9 Å². The molecule has 0 fully saturated rings. The molecule has 0 aliphatic heterocycles. The molecule has 2 rings (SSSR count). The number of ether oxygens (including phenoxy) is 1. The second-order valence-electron chi connectivity index (χ2n) is 4.48. The van der Waals surface area contributed by atoms with E-state index in [9.17, 15) is 9.00 Å². The lowest BCUT2D eigenvalue weighted by Crippen LogP contribution is -2.03. The highest BCUT2D eigenvalue weighted by molar-refractivity contribution is 7.85. The smallest absolute Gasteiger partial charge is 0.335 e. The molecule has 0 bridgehead atoms. The van der Waals surface area contributed by atoms with Crippen LogP contribution in [0.5, 0.6) is 5.75 Å². The van der Waals surface area contributed by atoms with E-state index in [1.807, 2.05) is 24.3 Å². The molecule has 5 heteroatoms. The van der Waals surface area contributed by atoms with Gasteiger partial charge in [-0.2, -0.15) is 0 Å². The van der Waals surface area contributed by atoms with Crippen LogP contribution in [0.1, 0.15) is 15.9 Å². The summed E-state index contributed by atoms with van der Waals surface area (Å²) in [5.74, 6) is 0.313. The van der Waals surface area contributed by atoms with Gasteiger partial charge >= 0.3 is 5.97 Å². The molecule has 1 unspecified atom stereocenters. The third-order valence-corrected chi connectivity index (χ3v) is 4.47. The van der Waals surface area contributed by atoms with Gasteiger partial charge in [0.15, 0.2) is 0 Å². The zero-order valence-electron chi connectivity index (χ0n) is 11.6. The molecular weight excluding hydrogens is 288 g/mol. The van der Waals surface area contributed by atoms with E-state index in [-0.39, 0.29) is 5.56 Å². The zero-order valence-corrected chi connectivity index (χ0v) is 12.4. The Morgan fingerprint density at radius 2 is 1.71 bits per heavy atom. The first-order valence-electron chi connectivity index (χ1n) is 6.45. The monoisotopic (exact) mass is 304 g/mol. The Hall–Kier alpha value is -2.14. The van der Waals surface area contributed by atoms with Crippen molar-refractivity contribution in [3.05, 3.63) is 59.7 Å². The Labute approximate surface area is 125 Å². The van der Waals surface area contributed by atoms with Gasteiger partial charge in [-0.25, -0.2) is 4.79 Å². The van der Waals surface area contributed by atoms with Crippen molar-refractivity contribution < 1.29 is 18.8 Å². The second kappa shape index (κ2) is 7.04. The van der Waals surface area contributed by atoms with Crippen LogP contribution in [0.15, 0.2) is 53.4 Å². The van der Waals surface area contributed by atoms with E-state index in [4.69, 9.17) is 9.84 Å². The van der Waals surface area contributed by atoms with Crippen LogP contribution < -0.4 is 4.74 Å². The predicted molar refractivity (Wildman–Crippen MR) is 81.4 cm³/mol. The molecule has 0 heterocycles. The van der Waals surface area contributed by atoms with E-state index in [0.29, 0.717) is 17.1 Å². The lowest BCUT2D eigenvalue weighted by atomic mass is 10.2. The van der Waals surface area contributed by atoms with Crippen LogP contribution in [0.25, 0.3) is 0 Å². The Bertz CT molecular complexity index is 632. The minimum Gasteiger partial charge on any atom is -0.497 e. The highest BCUT2D eigenvalue weighted by atomic mass is 32.2. The Morgan fingerprint density at radius 3 is 2.24 bits per heavy atom. The molecule has 1 N–H and O–H groups in total. The number of hydrogen-bond acceptors (Lipinski definition) is 3. The first-order chi connectivity index (χ1) is 10.1. The van der Waals surface area contributed by atoms with Crippen LogP contribution in [0.4, 0.5) is 0 Å². The lowest BCUT2D eigenvalue weighted by molar-refractivity contribution is 0.0697. The number of carboxylic acid groups (broad SMARTS) is 1. The summed E-state index contributed by atoms with van der Waals surface area (Å²) in [4.78, 5) is 11.4. The topological polar surface area (TPSA) is 63.6 Å². The highest BCUT2D eigenvalue weighted by Gasteiger charge is 2.07. The van der Waals surface area contributed by atoms with Gasteiger partial charge in [0.2, 0.25) is 0 Å². The van der Waals surface area contributed by atoms with Crippen molar-refractivity contribution in [2.24, 2.45) is 0 Å². The molecular formula is C16H16O4S. The fourth-order valence-corrected chi connectivity index (χ4v) is 2.97. The van der Waals surface area contributed by atoms with Crippen LogP contribution >= 0.6 is 0 Å². The summed E-state index contributed by atoms with van der Waals surface area (Å²) in [6.45, 7) is 0. The van der Waals surface area contributed by atoms with Gasteiger partial charge in [0, 0.05) is 10.6 Å². The molecule has 110 valence electrons. The molecule has 0 spiro atoms. The SMILES string of the molecule is COc1ccc(CCS(=O)c2ccc(C(=O)O)cc2)cc1. The number of rotatable bonds is 6. The third kappa shape index (κ3) is 4.16. The summed E-state index contributed by atoms with van der Waals surface area (Å²) in [5, 5.41) is 8.82. The summed E-state index contributed by atoms with van der Waals surface area (Å²) in [5.41, 5.74) is 1.29. The Balaban J connectivity index is 1.95. The van der Waals surface area contributed by atoms with Gasteiger partial charge in [-0.1, -0.05) is 12.1 Å². The van der Waals surface area contributed by atoms with Crippen LogP contribution in [0.3, 0.4) is 0 Å². The molecule has 0 aliphatic carbocycles. The molecule has 0 saturated carbocycles. The average Bonchev–Trinajstić information content (AvgIpc) is 2.53. The summed E-state index contributed by atoms with van der Waals surface area (Å²) in [7, 11) is 0.479. The first kappa shape index (κ1) is 15.3. The van der Waals surface area contributed by atoms with E-state index in [2.05, 4.69) is 0 Å². The number of benzene rings is 2. The maximum absolute atomic E-state index is 12.2. The van der Waals surface area contributed by atoms with Gasteiger partial charge in [0.05, 0.1) is 23.5 Å². The zero-order chi connectivity index (χ0) is 15.2. The molecule has 21 heavy (non-hydrogen) atoms. The van der Waals surface area contributed by atoms with Crippen LogP contribution in [0, 0.1) is 0 Å². The van der Waals surface area contributed by atoms with E-state index >= 15 is 0 Å². The van der Waals surface area contributed by atoms with Crippen molar-refractivity contribution in [3.8, 4) is 5.75 Å². The van der Waals surface area contributed by atoms with E-state index in [1.54, 1.807) is 19.2 Å². The quantitative estimate of drug-likeness (QED) is 0.891. The maximum atomic E-state index is 12.2. The van der Waals surface area contributed by atoms with E-state index in [0.717, 1.165) is 11.3 Å². The predicted octanol–water partition coefficient (Wildman–Crippen LogP) is 2.74. The van der Waals surface area contributed by atoms with Gasteiger partial charge in [0.1, 0.15) is 5.75 Å². The van der Waals surface area contributed by atoms with Crippen molar-refractivity contribution in [3.63, 3.8) is 0 Å². The van der Waals surface area contributed by atoms with Crippen molar-refractivity contribution in [1.29, 1.82) is 0 Å². The number of carbonyl (C=O) groups is 1. The van der Waals surface area contributed by atoms with Crippen LogP contribution in [-0.4, -0.2) is 28.1 Å². The average molecular weight is 304 g/mol. The summed E-state index contributed by atoms with van der Waals surface area (Å²) < 4.78 is 17.2. The van der Waals surface area contributed by atoms with Gasteiger partial charge in [0.25, 0.3) is 0 Å². The molecule has 2 aromatic carbocycles. The molecule has 0 aliphatic rings. The van der Waals surface area contributed by atoms with Crippen LogP contribution in [0.2, 0.25) is 0 Å². The Morgan fingerprint density at radius 1 is 1.10 bits per heavy atom. The molecule has 0 radical (unpaired) electrons. The van der Waals surface area contributed by atoms with E-state index in [1.165, 1.54) is 12.1 Å². The van der Waals surface area contributed by atoms with Crippen molar-refractivity contribution >= 4 is 16.8 Å². The summed E-state index contributed by atoms with van der Waals surface area (Å²) in [6.07, 6.45) is 0.692. The van der Waals surface area contributed by atoms with Crippen molar-refractivity contribution in [1.82, 2.24) is 0 Å². The molecule has 0 aromatic heterocycles. The minimum absolute atomic E-state index is 0.200. The number of aromatic carboxylic acids is 1.